The Kier molecular flexibility index (Phi) is 4.13. The van der Waals surface area contributed by atoms with Crippen molar-refractivity contribution in [2.45, 2.75) is 25.8 Å². The highest BCUT2D eigenvalue weighted by atomic mass is 32.2. The predicted molar refractivity (Wildman–Crippen MR) is 55.8 cm³/mol. The number of hydrogen-bond donors (Lipinski definition) is 0. The van der Waals surface area contributed by atoms with Gasteiger partial charge in [-0.1, -0.05) is 6.42 Å². The van der Waals surface area contributed by atoms with Crippen molar-refractivity contribution in [3.63, 3.8) is 0 Å². The minimum Gasteiger partial charge on any atom is -0.337 e. The van der Waals surface area contributed by atoms with Gasteiger partial charge >= 0.3 is 0 Å². The molecule has 0 aromatic carbocycles. The Morgan fingerprint density at radius 3 is 2.64 bits per heavy atom. The minimum atomic E-state index is -2.78. The summed E-state index contributed by atoms with van der Waals surface area (Å²) in [5.74, 6) is 0.303. The number of sulfone groups is 1. The Morgan fingerprint density at radius 2 is 2.07 bits per heavy atom. The van der Waals surface area contributed by atoms with Crippen molar-refractivity contribution in [3.05, 3.63) is 18.7 Å². The van der Waals surface area contributed by atoms with E-state index in [1.165, 1.54) is 6.26 Å². The molecule has 0 N–H and O–H groups in total. The van der Waals surface area contributed by atoms with E-state index in [4.69, 9.17) is 0 Å². The van der Waals surface area contributed by atoms with Crippen LogP contribution in [0.25, 0.3) is 0 Å². The summed E-state index contributed by atoms with van der Waals surface area (Å²) in [5, 5.41) is 0. The van der Waals surface area contributed by atoms with Gasteiger partial charge in [0.1, 0.15) is 9.84 Å². The Hall–Kier alpha value is -0.840. The highest BCUT2D eigenvalue weighted by Gasteiger charge is 2.00. The van der Waals surface area contributed by atoms with Gasteiger partial charge in [-0.25, -0.2) is 13.4 Å². The van der Waals surface area contributed by atoms with Gasteiger partial charge in [0.25, 0.3) is 0 Å². The first kappa shape index (κ1) is 11.2. The average molecular weight is 216 g/mol. The van der Waals surface area contributed by atoms with E-state index in [0.29, 0.717) is 5.75 Å². The summed E-state index contributed by atoms with van der Waals surface area (Å²) >= 11 is 0. The van der Waals surface area contributed by atoms with Gasteiger partial charge in [0.15, 0.2) is 0 Å². The number of rotatable bonds is 6. The molecule has 0 saturated carbocycles. The number of aromatic nitrogens is 2. The van der Waals surface area contributed by atoms with Gasteiger partial charge < -0.3 is 4.57 Å². The van der Waals surface area contributed by atoms with Crippen LogP contribution in [-0.4, -0.2) is 30.0 Å². The van der Waals surface area contributed by atoms with Gasteiger partial charge in [0, 0.05) is 30.9 Å². The zero-order valence-electron chi connectivity index (χ0n) is 8.39. The van der Waals surface area contributed by atoms with Crippen LogP contribution >= 0.6 is 0 Å². The lowest BCUT2D eigenvalue weighted by Crippen LogP contribution is -2.03. The lowest BCUT2D eigenvalue weighted by atomic mass is 10.2. The molecule has 4 nitrogen and oxygen atoms in total. The maximum atomic E-state index is 10.8. The van der Waals surface area contributed by atoms with Gasteiger partial charge in [-0.15, -0.1) is 0 Å². The molecule has 0 aliphatic carbocycles. The fourth-order valence-corrected chi connectivity index (χ4v) is 1.98. The van der Waals surface area contributed by atoms with Gasteiger partial charge in [-0.2, -0.15) is 0 Å². The molecule has 0 aliphatic rings. The molecule has 0 aliphatic heterocycles. The summed E-state index contributed by atoms with van der Waals surface area (Å²) < 4.78 is 23.6. The van der Waals surface area contributed by atoms with Crippen molar-refractivity contribution >= 4 is 9.84 Å². The lowest BCUT2D eigenvalue weighted by molar-refractivity contribution is 0.581. The molecule has 1 heterocycles. The van der Waals surface area contributed by atoms with Gasteiger partial charge in [0.05, 0.1) is 6.33 Å². The fourth-order valence-electron chi connectivity index (χ4n) is 1.25. The molecule has 0 fully saturated rings. The first-order chi connectivity index (χ1) is 6.58. The smallest absolute Gasteiger partial charge is 0.147 e. The Balaban J connectivity index is 2.06. The summed E-state index contributed by atoms with van der Waals surface area (Å²) in [4.78, 5) is 3.93. The van der Waals surface area contributed by atoms with Crippen molar-refractivity contribution in [2.75, 3.05) is 12.0 Å². The molecule has 1 rings (SSSR count). The van der Waals surface area contributed by atoms with Crippen molar-refractivity contribution < 1.29 is 8.42 Å². The summed E-state index contributed by atoms with van der Waals surface area (Å²) in [6.45, 7) is 0.920. The van der Waals surface area contributed by atoms with E-state index in [1.54, 1.807) is 12.5 Å². The van der Waals surface area contributed by atoms with Crippen molar-refractivity contribution in [2.24, 2.45) is 0 Å². The van der Waals surface area contributed by atoms with E-state index < -0.39 is 9.84 Å². The molecule has 14 heavy (non-hydrogen) atoms. The third-order valence-corrected chi connectivity index (χ3v) is 3.02. The normalized spacial score (nSPS) is 11.8. The van der Waals surface area contributed by atoms with Crippen molar-refractivity contribution in [3.8, 4) is 0 Å². The summed E-state index contributed by atoms with van der Waals surface area (Å²) in [6.07, 6.45) is 9.43. The molecule has 0 unspecified atom stereocenters. The largest absolute Gasteiger partial charge is 0.337 e. The van der Waals surface area contributed by atoms with Crippen molar-refractivity contribution in [1.82, 2.24) is 9.55 Å². The number of unbranched alkanes of at least 4 members (excludes halogenated alkanes) is 2. The SMILES string of the molecule is CS(=O)(=O)CCCCCn1ccnc1. The van der Waals surface area contributed by atoms with Crippen LogP contribution in [0.4, 0.5) is 0 Å². The van der Waals surface area contributed by atoms with E-state index in [2.05, 4.69) is 4.98 Å². The third kappa shape index (κ3) is 5.01. The number of nitrogens with zero attached hydrogens (tertiary/aromatic N) is 2. The summed E-state index contributed by atoms with van der Waals surface area (Å²) in [5.41, 5.74) is 0. The van der Waals surface area contributed by atoms with E-state index >= 15 is 0 Å². The van der Waals surface area contributed by atoms with E-state index in [-0.39, 0.29) is 0 Å². The Morgan fingerprint density at radius 1 is 1.29 bits per heavy atom. The maximum Gasteiger partial charge on any atom is 0.147 e. The van der Waals surface area contributed by atoms with Crippen LogP contribution in [0.1, 0.15) is 19.3 Å². The third-order valence-electron chi connectivity index (χ3n) is 1.99. The number of imidazole rings is 1. The molecule has 0 saturated heterocycles. The molecule has 80 valence electrons. The quantitative estimate of drug-likeness (QED) is 0.669. The Labute approximate surface area is 84.9 Å². The second-order valence-corrected chi connectivity index (χ2v) is 5.75. The molecule has 0 radical (unpaired) electrons. The predicted octanol–water partition coefficient (Wildman–Crippen LogP) is 1.10. The molecular formula is C9H16N2O2S. The zero-order valence-corrected chi connectivity index (χ0v) is 9.20. The highest BCUT2D eigenvalue weighted by Crippen LogP contribution is 2.01. The van der Waals surface area contributed by atoms with Gasteiger partial charge in [-0.05, 0) is 12.8 Å². The molecule has 0 bridgehead atoms. The second kappa shape index (κ2) is 5.14. The molecule has 0 atom stereocenters. The standard InChI is InChI=1S/C9H16N2O2S/c1-14(12,13)8-4-2-3-6-11-7-5-10-9-11/h5,7,9H,2-4,6,8H2,1H3. The number of hydrogen-bond acceptors (Lipinski definition) is 3. The maximum absolute atomic E-state index is 10.8. The van der Waals surface area contributed by atoms with E-state index in [9.17, 15) is 8.42 Å². The second-order valence-electron chi connectivity index (χ2n) is 3.49. The Bertz CT molecular complexity index is 343. The topological polar surface area (TPSA) is 52.0 Å². The van der Waals surface area contributed by atoms with E-state index in [1.807, 2.05) is 10.8 Å². The molecule has 1 aromatic rings. The minimum absolute atomic E-state index is 0.303. The van der Waals surface area contributed by atoms with Crippen LogP contribution in [0.5, 0.6) is 0 Å². The molecule has 1 aromatic heterocycles. The highest BCUT2D eigenvalue weighted by molar-refractivity contribution is 7.90. The van der Waals surface area contributed by atoms with Crippen molar-refractivity contribution in [1.29, 1.82) is 0 Å². The molecule has 0 spiro atoms. The molecule has 0 amide bonds. The van der Waals surface area contributed by atoms with Crippen LogP contribution in [0.15, 0.2) is 18.7 Å². The average Bonchev–Trinajstić information content (AvgIpc) is 2.54. The zero-order chi connectivity index (χ0) is 10.4. The van der Waals surface area contributed by atoms with Crippen LogP contribution < -0.4 is 0 Å². The van der Waals surface area contributed by atoms with Crippen LogP contribution in [0.2, 0.25) is 0 Å². The van der Waals surface area contributed by atoms with Gasteiger partial charge in [-0.3, -0.25) is 0 Å². The van der Waals surface area contributed by atoms with Crippen LogP contribution in [0, 0.1) is 0 Å². The lowest BCUT2D eigenvalue weighted by Gasteiger charge is -2.01. The molecular weight excluding hydrogens is 200 g/mol. The fraction of sp³-hybridized carbons (Fsp3) is 0.667. The van der Waals surface area contributed by atoms with E-state index in [0.717, 1.165) is 25.8 Å². The summed E-state index contributed by atoms with van der Waals surface area (Å²) in [6, 6.07) is 0. The monoisotopic (exact) mass is 216 g/mol. The van der Waals surface area contributed by atoms with Crippen LogP contribution in [-0.2, 0) is 16.4 Å². The number of aryl methyl sites for hydroxylation is 1. The molecule has 5 heteroatoms. The van der Waals surface area contributed by atoms with Crippen LogP contribution in [0.3, 0.4) is 0 Å². The first-order valence-corrected chi connectivity index (χ1v) is 6.77. The first-order valence-electron chi connectivity index (χ1n) is 4.71. The summed E-state index contributed by atoms with van der Waals surface area (Å²) in [7, 11) is -2.78. The van der Waals surface area contributed by atoms with Gasteiger partial charge in [0.2, 0.25) is 0 Å².